The van der Waals surface area contributed by atoms with Crippen molar-refractivity contribution in [2.75, 3.05) is 10.6 Å². The lowest BCUT2D eigenvalue weighted by Crippen LogP contribution is -2.36. The second-order valence-electron chi connectivity index (χ2n) is 8.37. The van der Waals surface area contributed by atoms with Crippen LogP contribution in [0.5, 0.6) is 0 Å². The quantitative estimate of drug-likeness (QED) is 0.546. The Morgan fingerprint density at radius 3 is 2.53 bits per heavy atom. The number of benzene rings is 3. The van der Waals surface area contributed by atoms with Crippen molar-refractivity contribution in [2.45, 2.75) is 32.4 Å². The van der Waals surface area contributed by atoms with E-state index in [0.717, 1.165) is 11.1 Å². The van der Waals surface area contributed by atoms with Crippen LogP contribution in [0.25, 0.3) is 0 Å². The van der Waals surface area contributed by atoms with Crippen molar-refractivity contribution in [1.82, 2.24) is 5.32 Å². The van der Waals surface area contributed by atoms with Crippen molar-refractivity contribution in [2.24, 2.45) is 0 Å². The first-order valence-electron chi connectivity index (χ1n) is 10.2. The third kappa shape index (κ3) is 3.94. The molecule has 1 heterocycles. The first-order chi connectivity index (χ1) is 15.2. The van der Waals surface area contributed by atoms with Crippen LogP contribution in [0.15, 0.2) is 60.7 Å². The maximum atomic E-state index is 14.4. The van der Waals surface area contributed by atoms with Crippen molar-refractivity contribution >= 4 is 34.8 Å². The van der Waals surface area contributed by atoms with Gasteiger partial charge in [0.2, 0.25) is 5.91 Å². The average Bonchev–Trinajstić information content (AvgIpc) is 2.95. The van der Waals surface area contributed by atoms with E-state index in [2.05, 4.69) is 5.32 Å². The van der Waals surface area contributed by atoms with Crippen LogP contribution in [0.1, 0.15) is 40.9 Å². The fourth-order valence-electron chi connectivity index (χ4n) is 3.91. The average molecular weight is 452 g/mol. The van der Waals surface area contributed by atoms with E-state index in [4.69, 9.17) is 17.3 Å². The first-order valence-corrected chi connectivity index (χ1v) is 10.6. The number of hydrogen-bond donors (Lipinski definition) is 2. The molecular formula is C25H23ClFN3O2. The van der Waals surface area contributed by atoms with Crippen molar-refractivity contribution in [3.05, 3.63) is 93.8 Å². The minimum Gasteiger partial charge on any atom is -0.399 e. The molecule has 5 nitrogen and oxygen atoms in total. The van der Waals surface area contributed by atoms with Crippen LogP contribution in [-0.2, 0) is 23.3 Å². The Labute approximate surface area is 191 Å². The van der Waals surface area contributed by atoms with E-state index in [1.165, 1.54) is 17.0 Å². The predicted molar refractivity (Wildman–Crippen MR) is 124 cm³/mol. The normalized spacial score (nSPS) is 14.4. The molecule has 0 bridgehead atoms. The smallest absolute Gasteiger partial charge is 0.251 e. The summed E-state index contributed by atoms with van der Waals surface area (Å²) >= 11 is 6.19. The standard InChI is InChI=1S/C25H23ClFN3O2/c1-25(2)19-11-8-16(23(31)29-13-15-6-9-17(28)10-7-15)12-22(19)30(24(25)32)14-18-20(26)4-3-5-21(18)27/h3-12H,13-14,28H2,1-2H3,(H,29,31). The fourth-order valence-corrected chi connectivity index (χ4v) is 4.13. The lowest BCUT2D eigenvalue weighted by Gasteiger charge is -2.21. The van der Waals surface area contributed by atoms with E-state index in [1.54, 1.807) is 36.4 Å². The summed E-state index contributed by atoms with van der Waals surface area (Å²) in [6, 6.07) is 16.8. The van der Waals surface area contributed by atoms with Gasteiger partial charge in [-0.15, -0.1) is 0 Å². The fraction of sp³-hybridized carbons (Fsp3) is 0.200. The van der Waals surface area contributed by atoms with Crippen LogP contribution >= 0.6 is 11.6 Å². The van der Waals surface area contributed by atoms with Gasteiger partial charge < -0.3 is 16.0 Å². The molecule has 3 aromatic carbocycles. The summed E-state index contributed by atoms with van der Waals surface area (Å²) in [6.07, 6.45) is 0. The van der Waals surface area contributed by atoms with Gasteiger partial charge in [0, 0.05) is 34.1 Å². The second kappa shape index (κ2) is 8.28. The van der Waals surface area contributed by atoms with Crippen LogP contribution in [-0.4, -0.2) is 11.8 Å². The molecule has 0 aromatic heterocycles. The van der Waals surface area contributed by atoms with Crippen LogP contribution in [0.2, 0.25) is 5.02 Å². The van der Waals surface area contributed by atoms with E-state index < -0.39 is 11.2 Å². The zero-order valence-electron chi connectivity index (χ0n) is 17.8. The van der Waals surface area contributed by atoms with Crippen molar-refractivity contribution < 1.29 is 14.0 Å². The molecule has 4 rings (SSSR count). The number of nitrogens with zero attached hydrogens (tertiary/aromatic N) is 1. The summed E-state index contributed by atoms with van der Waals surface area (Å²) < 4.78 is 14.4. The number of halogens is 2. The molecule has 1 aliphatic rings. The summed E-state index contributed by atoms with van der Waals surface area (Å²) in [7, 11) is 0. The molecule has 0 saturated carbocycles. The molecule has 3 aromatic rings. The lowest BCUT2D eigenvalue weighted by molar-refractivity contribution is -0.122. The molecule has 0 unspecified atom stereocenters. The predicted octanol–water partition coefficient (Wildman–Crippen LogP) is 4.82. The van der Waals surface area contributed by atoms with Crippen molar-refractivity contribution in [3.8, 4) is 0 Å². The molecule has 0 radical (unpaired) electrons. The molecule has 164 valence electrons. The van der Waals surface area contributed by atoms with Crippen molar-refractivity contribution in [3.63, 3.8) is 0 Å². The minimum absolute atomic E-state index is 0.0166. The Balaban J connectivity index is 1.62. The highest BCUT2D eigenvalue weighted by Crippen LogP contribution is 2.43. The molecular weight excluding hydrogens is 429 g/mol. The Bertz CT molecular complexity index is 1190. The monoisotopic (exact) mass is 451 g/mol. The highest BCUT2D eigenvalue weighted by Gasteiger charge is 2.44. The SMILES string of the molecule is CC1(C)C(=O)N(Cc2c(F)cccc2Cl)c2cc(C(=O)NCc3ccc(N)cc3)ccc21. The lowest BCUT2D eigenvalue weighted by atomic mass is 9.86. The van der Waals surface area contributed by atoms with Gasteiger partial charge in [-0.2, -0.15) is 0 Å². The topological polar surface area (TPSA) is 75.4 Å². The second-order valence-corrected chi connectivity index (χ2v) is 8.78. The number of nitrogens with one attached hydrogen (secondary N) is 1. The Kier molecular flexibility index (Phi) is 5.65. The number of anilines is 2. The van der Waals surface area contributed by atoms with Gasteiger partial charge in [0.15, 0.2) is 0 Å². The molecule has 0 fully saturated rings. The zero-order chi connectivity index (χ0) is 23.0. The number of nitrogen functional groups attached to an aromatic ring is 1. The summed E-state index contributed by atoms with van der Waals surface area (Å²) in [4.78, 5) is 27.5. The number of carbonyl (C=O) groups excluding carboxylic acids is 2. The number of fused-ring (bicyclic) bond motifs is 1. The van der Waals surface area contributed by atoms with Crippen molar-refractivity contribution in [1.29, 1.82) is 0 Å². The highest BCUT2D eigenvalue weighted by molar-refractivity contribution is 6.31. The number of amides is 2. The third-order valence-electron chi connectivity index (χ3n) is 5.81. The minimum atomic E-state index is -0.800. The van der Waals surface area contributed by atoms with Gasteiger partial charge >= 0.3 is 0 Å². The Hall–Kier alpha value is -3.38. The summed E-state index contributed by atoms with van der Waals surface area (Å²) in [5.74, 6) is -0.925. The van der Waals surface area contributed by atoms with Crippen LogP contribution in [0.3, 0.4) is 0 Å². The number of carbonyl (C=O) groups is 2. The molecule has 0 spiro atoms. The van der Waals surface area contributed by atoms with Crippen LogP contribution in [0, 0.1) is 5.82 Å². The molecule has 0 saturated heterocycles. The van der Waals surface area contributed by atoms with E-state index in [9.17, 15) is 14.0 Å². The van der Waals surface area contributed by atoms with Gasteiger partial charge in [-0.1, -0.05) is 35.9 Å². The third-order valence-corrected chi connectivity index (χ3v) is 6.17. The van der Waals surface area contributed by atoms with E-state index >= 15 is 0 Å². The zero-order valence-corrected chi connectivity index (χ0v) is 18.5. The van der Waals surface area contributed by atoms with Crippen LogP contribution < -0.4 is 16.0 Å². The maximum absolute atomic E-state index is 14.4. The van der Waals surface area contributed by atoms with E-state index in [-0.39, 0.29) is 28.9 Å². The molecule has 0 aliphatic carbocycles. The van der Waals surface area contributed by atoms with E-state index in [1.807, 2.05) is 26.0 Å². The van der Waals surface area contributed by atoms with Gasteiger partial charge in [0.1, 0.15) is 5.82 Å². The van der Waals surface area contributed by atoms with Gasteiger partial charge in [0.05, 0.1) is 12.0 Å². The number of hydrogen-bond acceptors (Lipinski definition) is 3. The van der Waals surface area contributed by atoms with Crippen LogP contribution in [0.4, 0.5) is 15.8 Å². The van der Waals surface area contributed by atoms with Gasteiger partial charge in [-0.3, -0.25) is 9.59 Å². The molecule has 7 heteroatoms. The van der Waals surface area contributed by atoms with Gasteiger partial charge in [0.25, 0.3) is 5.91 Å². The number of rotatable bonds is 5. The maximum Gasteiger partial charge on any atom is 0.251 e. The highest BCUT2D eigenvalue weighted by atomic mass is 35.5. The molecule has 32 heavy (non-hydrogen) atoms. The summed E-state index contributed by atoms with van der Waals surface area (Å²) in [5, 5.41) is 3.13. The molecule has 0 atom stereocenters. The molecule has 1 aliphatic heterocycles. The molecule has 3 N–H and O–H groups in total. The summed E-state index contributed by atoms with van der Waals surface area (Å²) in [6.45, 7) is 3.96. The Morgan fingerprint density at radius 2 is 1.84 bits per heavy atom. The van der Waals surface area contributed by atoms with Gasteiger partial charge in [-0.25, -0.2) is 4.39 Å². The van der Waals surface area contributed by atoms with Gasteiger partial charge in [-0.05, 0) is 61.4 Å². The summed E-state index contributed by atoms with van der Waals surface area (Å²) in [5.41, 5.74) is 8.48. The first kappa shape index (κ1) is 21.8. The largest absolute Gasteiger partial charge is 0.399 e. The Morgan fingerprint density at radius 1 is 1.12 bits per heavy atom. The molecule has 2 amide bonds. The van der Waals surface area contributed by atoms with E-state index in [0.29, 0.717) is 23.5 Å². The number of nitrogens with two attached hydrogens (primary N) is 1.